The molecule has 0 aliphatic heterocycles. The lowest BCUT2D eigenvalue weighted by Crippen LogP contribution is -2.41. The SMILES string of the molecule is COc1ccccc1OCCNC1CCCCC1Cl. The van der Waals surface area contributed by atoms with E-state index >= 15 is 0 Å². The van der Waals surface area contributed by atoms with Gasteiger partial charge in [-0.1, -0.05) is 25.0 Å². The van der Waals surface area contributed by atoms with E-state index in [1.165, 1.54) is 19.3 Å². The van der Waals surface area contributed by atoms with Crippen molar-refractivity contribution in [1.29, 1.82) is 0 Å². The van der Waals surface area contributed by atoms with Crippen LogP contribution in [0.1, 0.15) is 25.7 Å². The van der Waals surface area contributed by atoms with Crippen LogP contribution in [-0.4, -0.2) is 31.7 Å². The molecule has 1 aliphatic carbocycles. The summed E-state index contributed by atoms with van der Waals surface area (Å²) in [5.41, 5.74) is 0. The molecule has 1 aromatic rings. The van der Waals surface area contributed by atoms with Crippen LogP contribution in [0.4, 0.5) is 0 Å². The van der Waals surface area contributed by atoms with Crippen molar-refractivity contribution in [1.82, 2.24) is 5.32 Å². The summed E-state index contributed by atoms with van der Waals surface area (Å²) in [7, 11) is 1.65. The van der Waals surface area contributed by atoms with E-state index in [-0.39, 0.29) is 5.38 Å². The Morgan fingerprint density at radius 1 is 1.21 bits per heavy atom. The summed E-state index contributed by atoms with van der Waals surface area (Å²) >= 11 is 6.30. The van der Waals surface area contributed by atoms with Crippen molar-refractivity contribution >= 4 is 11.6 Å². The molecule has 0 aromatic heterocycles. The topological polar surface area (TPSA) is 30.5 Å². The molecule has 3 nitrogen and oxygen atoms in total. The Morgan fingerprint density at radius 2 is 1.95 bits per heavy atom. The summed E-state index contributed by atoms with van der Waals surface area (Å²) in [6.45, 7) is 1.44. The van der Waals surface area contributed by atoms with Crippen molar-refractivity contribution in [2.24, 2.45) is 0 Å². The number of rotatable bonds is 6. The summed E-state index contributed by atoms with van der Waals surface area (Å²) in [5, 5.41) is 3.75. The molecule has 1 aromatic carbocycles. The van der Waals surface area contributed by atoms with E-state index in [1.54, 1.807) is 7.11 Å². The number of ether oxygens (including phenoxy) is 2. The Bertz CT molecular complexity index is 386. The van der Waals surface area contributed by atoms with Gasteiger partial charge >= 0.3 is 0 Å². The van der Waals surface area contributed by atoms with Crippen LogP contribution in [0.25, 0.3) is 0 Å². The van der Waals surface area contributed by atoms with Gasteiger partial charge < -0.3 is 14.8 Å². The largest absolute Gasteiger partial charge is 0.493 e. The van der Waals surface area contributed by atoms with Crippen molar-refractivity contribution < 1.29 is 9.47 Å². The van der Waals surface area contributed by atoms with Gasteiger partial charge in [0.05, 0.1) is 7.11 Å². The second-order valence-corrected chi connectivity index (χ2v) is 5.42. The van der Waals surface area contributed by atoms with E-state index < -0.39 is 0 Å². The summed E-state index contributed by atoms with van der Waals surface area (Å²) < 4.78 is 11.0. The molecule has 106 valence electrons. The Kier molecular flexibility index (Phi) is 5.80. The predicted molar refractivity (Wildman–Crippen MR) is 78.4 cm³/mol. The molecule has 0 saturated heterocycles. The maximum Gasteiger partial charge on any atom is 0.161 e. The molecular formula is C15H22ClNO2. The molecule has 0 radical (unpaired) electrons. The lowest BCUT2D eigenvalue weighted by atomic mass is 9.95. The standard InChI is InChI=1S/C15H22ClNO2/c1-18-14-8-4-5-9-15(14)19-11-10-17-13-7-3-2-6-12(13)16/h4-5,8-9,12-13,17H,2-3,6-7,10-11H2,1H3. The average Bonchev–Trinajstić information content (AvgIpc) is 2.45. The van der Waals surface area contributed by atoms with E-state index in [4.69, 9.17) is 21.1 Å². The smallest absolute Gasteiger partial charge is 0.161 e. The highest BCUT2D eigenvalue weighted by molar-refractivity contribution is 6.21. The minimum Gasteiger partial charge on any atom is -0.493 e. The van der Waals surface area contributed by atoms with Crippen LogP contribution in [0, 0.1) is 0 Å². The first-order valence-corrected chi connectivity index (χ1v) is 7.38. The fraction of sp³-hybridized carbons (Fsp3) is 0.600. The Hall–Kier alpha value is -0.930. The molecule has 2 rings (SSSR count). The molecule has 1 saturated carbocycles. The third-order valence-corrected chi connectivity index (χ3v) is 4.04. The highest BCUT2D eigenvalue weighted by Gasteiger charge is 2.22. The molecule has 1 aliphatic rings. The summed E-state index contributed by atoms with van der Waals surface area (Å²) in [4.78, 5) is 0. The normalized spacial score (nSPS) is 23.1. The van der Waals surface area contributed by atoms with Crippen molar-refractivity contribution in [3.63, 3.8) is 0 Å². The summed E-state index contributed by atoms with van der Waals surface area (Å²) in [6.07, 6.45) is 4.81. The van der Waals surface area contributed by atoms with Gasteiger partial charge in [0.1, 0.15) is 6.61 Å². The molecular weight excluding hydrogens is 262 g/mol. The fourth-order valence-corrected chi connectivity index (χ4v) is 2.83. The first kappa shape index (κ1) is 14.5. The Balaban J connectivity index is 1.71. The maximum absolute atomic E-state index is 6.30. The predicted octanol–water partition coefficient (Wildman–Crippen LogP) is 3.21. The monoisotopic (exact) mass is 283 g/mol. The van der Waals surface area contributed by atoms with Gasteiger partial charge in [-0.3, -0.25) is 0 Å². The quantitative estimate of drug-likeness (QED) is 0.642. The van der Waals surface area contributed by atoms with Crippen LogP contribution < -0.4 is 14.8 Å². The second kappa shape index (κ2) is 7.61. The number of hydrogen-bond donors (Lipinski definition) is 1. The number of methoxy groups -OCH3 is 1. The number of halogens is 1. The summed E-state index contributed by atoms with van der Waals surface area (Å²) in [5.74, 6) is 1.56. The van der Waals surface area contributed by atoms with Crippen molar-refractivity contribution in [2.45, 2.75) is 37.1 Å². The van der Waals surface area contributed by atoms with E-state index in [0.29, 0.717) is 12.6 Å². The Labute approximate surface area is 120 Å². The molecule has 4 heteroatoms. The molecule has 2 unspecified atom stereocenters. The van der Waals surface area contributed by atoms with Crippen LogP contribution in [-0.2, 0) is 0 Å². The van der Waals surface area contributed by atoms with E-state index in [0.717, 1.165) is 24.5 Å². The maximum atomic E-state index is 6.30. The van der Waals surface area contributed by atoms with Crippen LogP contribution in [0.3, 0.4) is 0 Å². The average molecular weight is 284 g/mol. The van der Waals surface area contributed by atoms with Crippen LogP contribution in [0.2, 0.25) is 0 Å². The molecule has 2 atom stereocenters. The van der Waals surface area contributed by atoms with Crippen LogP contribution in [0.5, 0.6) is 11.5 Å². The van der Waals surface area contributed by atoms with E-state index in [2.05, 4.69) is 5.32 Å². The highest BCUT2D eigenvalue weighted by atomic mass is 35.5. The molecule has 0 heterocycles. The van der Waals surface area contributed by atoms with Gasteiger partial charge in [0.2, 0.25) is 0 Å². The van der Waals surface area contributed by atoms with Gasteiger partial charge in [0, 0.05) is 18.0 Å². The zero-order valence-corrected chi connectivity index (χ0v) is 12.2. The first-order valence-electron chi connectivity index (χ1n) is 6.94. The third-order valence-electron chi connectivity index (χ3n) is 3.52. The lowest BCUT2D eigenvalue weighted by molar-refractivity contribution is 0.276. The molecule has 0 amide bonds. The second-order valence-electron chi connectivity index (χ2n) is 4.86. The number of para-hydroxylation sites is 2. The van der Waals surface area contributed by atoms with Crippen molar-refractivity contribution in [3.05, 3.63) is 24.3 Å². The number of hydrogen-bond acceptors (Lipinski definition) is 3. The first-order chi connectivity index (χ1) is 9.31. The number of nitrogens with one attached hydrogen (secondary N) is 1. The fourth-order valence-electron chi connectivity index (χ4n) is 2.46. The zero-order valence-electron chi connectivity index (χ0n) is 11.4. The number of alkyl halides is 1. The van der Waals surface area contributed by atoms with Gasteiger partial charge in [-0.15, -0.1) is 11.6 Å². The number of benzene rings is 1. The van der Waals surface area contributed by atoms with E-state index in [1.807, 2.05) is 24.3 Å². The van der Waals surface area contributed by atoms with Gasteiger partial charge in [0.15, 0.2) is 11.5 Å². The van der Waals surface area contributed by atoms with Gasteiger partial charge in [-0.25, -0.2) is 0 Å². The zero-order chi connectivity index (χ0) is 13.5. The Morgan fingerprint density at radius 3 is 2.68 bits per heavy atom. The van der Waals surface area contributed by atoms with Crippen molar-refractivity contribution in [2.75, 3.05) is 20.3 Å². The molecule has 0 spiro atoms. The minimum atomic E-state index is 0.264. The lowest BCUT2D eigenvalue weighted by Gasteiger charge is -2.28. The molecule has 1 N–H and O–H groups in total. The minimum absolute atomic E-state index is 0.264. The molecule has 19 heavy (non-hydrogen) atoms. The van der Waals surface area contributed by atoms with Gasteiger partial charge in [-0.2, -0.15) is 0 Å². The van der Waals surface area contributed by atoms with Gasteiger partial charge in [0.25, 0.3) is 0 Å². The van der Waals surface area contributed by atoms with Gasteiger partial charge in [-0.05, 0) is 25.0 Å². The summed E-state index contributed by atoms with van der Waals surface area (Å²) in [6, 6.07) is 8.13. The van der Waals surface area contributed by atoms with E-state index in [9.17, 15) is 0 Å². The van der Waals surface area contributed by atoms with Crippen molar-refractivity contribution in [3.8, 4) is 11.5 Å². The third kappa shape index (κ3) is 4.29. The highest BCUT2D eigenvalue weighted by Crippen LogP contribution is 2.26. The molecule has 1 fully saturated rings. The van der Waals surface area contributed by atoms with Crippen LogP contribution in [0.15, 0.2) is 24.3 Å². The van der Waals surface area contributed by atoms with Crippen LogP contribution >= 0.6 is 11.6 Å². The molecule has 0 bridgehead atoms.